The molecule has 3 rings (SSSR count). The van der Waals surface area contributed by atoms with Crippen LogP contribution in [0.5, 0.6) is 5.75 Å². The third-order valence-electron chi connectivity index (χ3n) is 3.47. The summed E-state index contributed by atoms with van der Waals surface area (Å²) in [5.41, 5.74) is 2.65. The van der Waals surface area contributed by atoms with E-state index in [1.54, 1.807) is 24.3 Å². The Bertz CT molecular complexity index is 777. The second-order valence-electron chi connectivity index (χ2n) is 4.92. The third-order valence-corrected chi connectivity index (χ3v) is 3.47. The van der Waals surface area contributed by atoms with E-state index < -0.39 is 0 Å². The summed E-state index contributed by atoms with van der Waals surface area (Å²) in [5, 5.41) is 13.5. The molecule has 3 N–H and O–H groups in total. The molecular formula is C17H16N2O2. The smallest absolute Gasteiger partial charge is 0.224 e. The molecule has 3 aromatic rings. The molecule has 0 atom stereocenters. The van der Waals surface area contributed by atoms with Crippen LogP contribution in [0.4, 0.5) is 5.69 Å². The Balaban J connectivity index is 1.65. The number of hydrogen-bond donors (Lipinski definition) is 3. The maximum Gasteiger partial charge on any atom is 0.224 e. The van der Waals surface area contributed by atoms with Crippen molar-refractivity contribution in [2.75, 3.05) is 5.32 Å². The highest BCUT2D eigenvalue weighted by molar-refractivity contribution is 5.92. The van der Waals surface area contributed by atoms with Gasteiger partial charge in [0.25, 0.3) is 0 Å². The molecule has 0 saturated carbocycles. The maximum absolute atomic E-state index is 12.0. The highest BCUT2D eigenvalue weighted by Crippen LogP contribution is 2.22. The Morgan fingerprint density at radius 3 is 2.71 bits per heavy atom. The lowest BCUT2D eigenvalue weighted by molar-refractivity contribution is -0.116. The van der Waals surface area contributed by atoms with Crippen LogP contribution in [0.3, 0.4) is 0 Å². The average Bonchev–Trinajstić information content (AvgIpc) is 2.91. The molecule has 0 radical (unpaired) electrons. The predicted octanol–water partition coefficient (Wildman–Crippen LogP) is 3.44. The lowest BCUT2D eigenvalue weighted by atomic mass is 10.1. The van der Waals surface area contributed by atoms with Crippen LogP contribution in [0.25, 0.3) is 10.9 Å². The molecule has 4 heteroatoms. The fourth-order valence-corrected chi connectivity index (χ4v) is 2.38. The van der Waals surface area contributed by atoms with Crippen molar-refractivity contribution < 1.29 is 9.90 Å². The van der Waals surface area contributed by atoms with Crippen LogP contribution in [-0.2, 0) is 11.2 Å². The van der Waals surface area contributed by atoms with Crippen molar-refractivity contribution in [3.8, 4) is 5.75 Å². The van der Waals surface area contributed by atoms with Gasteiger partial charge in [-0.1, -0.05) is 30.3 Å². The number of aromatic amines is 1. The van der Waals surface area contributed by atoms with E-state index in [1.807, 2.05) is 30.5 Å². The maximum atomic E-state index is 12.0. The standard InChI is InChI=1S/C17H16N2O2/c20-16-8-4-3-7-15(16)19-17(21)10-9-12-11-18-14-6-2-1-5-13(12)14/h1-8,11,18,20H,9-10H2,(H,19,21). The number of benzene rings is 2. The number of carbonyl (C=O) groups is 1. The van der Waals surface area contributed by atoms with Gasteiger partial charge in [0.2, 0.25) is 5.91 Å². The van der Waals surface area contributed by atoms with Gasteiger partial charge in [-0.2, -0.15) is 0 Å². The fraction of sp³-hybridized carbons (Fsp3) is 0.118. The number of carbonyl (C=O) groups excluding carboxylic acids is 1. The third kappa shape index (κ3) is 2.89. The molecule has 0 aliphatic carbocycles. The van der Waals surface area contributed by atoms with Gasteiger partial charge in [0.15, 0.2) is 0 Å². The van der Waals surface area contributed by atoms with Gasteiger partial charge in [0, 0.05) is 23.5 Å². The van der Waals surface area contributed by atoms with Gasteiger partial charge in [-0.15, -0.1) is 0 Å². The van der Waals surface area contributed by atoms with Crippen molar-refractivity contribution in [3.63, 3.8) is 0 Å². The van der Waals surface area contributed by atoms with E-state index in [4.69, 9.17) is 0 Å². The Kier molecular flexibility index (Phi) is 3.60. The van der Waals surface area contributed by atoms with Gasteiger partial charge in [-0.3, -0.25) is 4.79 Å². The van der Waals surface area contributed by atoms with Crippen molar-refractivity contribution in [1.29, 1.82) is 0 Å². The van der Waals surface area contributed by atoms with Gasteiger partial charge in [0.05, 0.1) is 5.69 Å². The summed E-state index contributed by atoms with van der Waals surface area (Å²) in [7, 11) is 0. The molecule has 0 fully saturated rings. The molecule has 0 bridgehead atoms. The monoisotopic (exact) mass is 280 g/mol. The molecule has 0 spiro atoms. The number of phenolic OH excluding ortho intramolecular Hbond substituents is 1. The van der Waals surface area contributed by atoms with Crippen LogP contribution in [0.2, 0.25) is 0 Å². The van der Waals surface area contributed by atoms with E-state index in [0.717, 1.165) is 16.5 Å². The van der Waals surface area contributed by atoms with Crippen LogP contribution < -0.4 is 5.32 Å². The predicted molar refractivity (Wildman–Crippen MR) is 83.4 cm³/mol. The Morgan fingerprint density at radius 1 is 1.10 bits per heavy atom. The zero-order valence-corrected chi connectivity index (χ0v) is 11.5. The van der Waals surface area contributed by atoms with Crippen molar-refractivity contribution in [1.82, 2.24) is 4.98 Å². The molecule has 2 aromatic carbocycles. The second-order valence-corrected chi connectivity index (χ2v) is 4.92. The van der Waals surface area contributed by atoms with Crippen LogP contribution in [0.15, 0.2) is 54.7 Å². The van der Waals surface area contributed by atoms with E-state index in [2.05, 4.69) is 10.3 Å². The first-order valence-electron chi connectivity index (χ1n) is 6.87. The first-order chi connectivity index (χ1) is 10.2. The molecule has 1 heterocycles. The van der Waals surface area contributed by atoms with E-state index in [0.29, 0.717) is 18.5 Å². The number of para-hydroxylation sites is 3. The van der Waals surface area contributed by atoms with Crippen molar-refractivity contribution in [2.45, 2.75) is 12.8 Å². The molecule has 106 valence electrons. The Labute approximate surface area is 122 Å². The minimum atomic E-state index is -0.109. The van der Waals surface area contributed by atoms with Gasteiger partial charge in [-0.25, -0.2) is 0 Å². The van der Waals surface area contributed by atoms with Crippen molar-refractivity contribution >= 4 is 22.5 Å². The molecular weight excluding hydrogens is 264 g/mol. The molecule has 21 heavy (non-hydrogen) atoms. The van der Waals surface area contributed by atoms with Crippen molar-refractivity contribution in [3.05, 3.63) is 60.3 Å². The summed E-state index contributed by atoms with van der Waals surface area (Å²) < 4.78 is 0. The van der Waals surface area contributed by atoms with E-state index >= 15 is 0 Å². The van der Waals surface area contributed by atoms with Crippen LogP contribution in [-0.4, -0.2) is 16.0 Å². The van der Waals surface area contributed by atoms with Gasteiger partial charge in [0.1, 0.15) is 5.75 Å². The topological polar surface area (TPSA) is 65.1 Å². The molecule has 4 nitrogen and oxygen atoms in total. The second kappa shape index (κ2) is 5.71. The molecule has 1 amide bonds. The quantitative estimate of drug-likeness (QED) is 0.641. The minimum absolute atomic E-state index is 0.0814. The number of phenols is 1. The number of aromatic hydroxyl groups is 1. The SMILES string of the molecule is O=C(CCc1c[nH]c2ccccc12)Nc1ccccc1O. The molecule has 0 unspecified atom stereocenters. The zero-order valence-electron chi connectivity index (χ0n) is 11.5. The van der Waals surface area contributed by atoms with Gasteiger partial charge in [-0.05, 0) is 30.2 Å². The molecule has 0 aliphatic rings. The lowest BCUT2D eigenvalue weighted by Gasteiger charge is -2.06. The number of rotatable bonds is 4. The minimum Gasteiger partial charge on any atom is -0.506 e. The number of H-pyrrole nitrogens is 1. The Hall–Kier alpha value is -2.75. The first-order valence-corrected chi connectivity index (χ1v) is 6.87. The number of nitrogens with one attached hydrogen (secondary N) is 2. The Morgan fingerprint density at radius 2 is 1.86 bits per heavy atom. The van der Waals surface area contributed by atoms with Gasteiger partial charge >= 0.3 is 0 Å². The van der Waals surface area contributed by atoms with Gasteiger partial charge < -0.3 is 15.4 Å². The number of aryl methyl sites for hydroxylation is 1. The fourth-order valence-electron chi connectivity index (χ4n) is 2.38. The van der Waals surface area contributed by atoms with Crippen molar-refractivity contribution in [2.24, 2.45) is 0 Å². The summed E-state index contributed by atoms with van der Waals surface area (Å²) in [5.74, 6) is -0.0280. The summed E-state index contributed by atoms with van der Waals surface area (Å²) >= 11 is 0. The van der Waals surface area contributed by atoms with Crippen LogP contribution >= 0.6 is 0 Å². The average molecular weight is 280 g/mol. The summed E-state index contributed by atoms with van der Waals surface area (Å²) in [6.07, 6.45) is 2.97. The van der Waals surface area contributed by atoms with Crippen LogP contribution in [0, 0.1) is 0 Å². The normalized spacial score (nSPS) is 10.7. The largest absolute Gasteiger partial charge is 0.506 e. The van der Waals surface area contributed by atoms with E-state index in [1.165, 1.54) is 0 Å². The molecule has 0 aliphatic heterocycles. The highest BCUT2D eigenvalue weighted by Gasteiger charge is 2.08. The number of aromatic nitrogens is 1. The molecule has 0 saturated heterocycles. The summed E-state index contributed by atoms with van der Waals surface area (Å²) in [6, 6.07) is 14.7. The van der Waals surface area contributed by atoms with E-state index in [9.17, 15) is 9.90 Å². The molecule has 1 aromatic heterocycles. The first kappa shape index (κ1) is 13.2. The summed E-state index contributed by atoms with van der Waals surface area (Å²) in [6.45, 7) is 0. The number of fused-ring (bicyclic) bond motifs is 1. The highest BCUT2D eigenvalue weighted by atomic mass is 16.3. The van der Waals surface area contributed by atoms with E-state index in [-0.39, 0.29) is 11.7 Å². The number of hydrogen-bond acceptors (Lipinski definition) is 2. The number of anilines is 1. The lowest BCUT2D eigenvalue weighted by Crippen LogP contribution is -2.12. The zero-order chi connectivity index (χ0) is 14.7. The summed E-state index contributed by atoms with van der Waals surface area (Å²) in [4.78, 5) is 15.2. The number of amides is 1. The van der Waals surface area contributed by atoms with Crippen LogP contribution in [0.1, 0.15) is 12.0 Å².